The predicted molar refractivity (Wildman–Crippen MR) is 109 cm³/mol. The van der Waals surface area contributed by atoms with Crippen molar-refractivity contribution in [3.05, 3.63) is 90.1 Å². The van der Waals surface area contributed by atoms with Crippen LogP contribution >= 0.6 is 0 Å². The molecule has 29 heavy (non-hydrogen) atoms. The van der Waals surface area contributed by atoms with Crippen LogP contribution in [0.1, 0.15) is 21.6 Å². The minimum atomic E-state index is -0.373. The minimum absolute atomic E-state index is 0.144. The maximum atomic E-state index is 12.6. The van der Waals surface area contributed by atoms with Gasteiger partial charge in [0, 0.05) is 12.4 Å². The Morgan fingerprint density at radius 1 is 1.07 bits per heavy atom. The molecule has 2 N–H and O–H groups in total. The molecule has 0 radical (unpaired) electrons. The second kappa shape index (κ2) is 8.62. The number of aliphatic hydroxyl groups excluding tert-OH is 1. The molecule has 0 aliphatic rings. The molecule has 146 valence electrons. The van der Waals surface area contributed by atoms with Crippen LogP contribution in [0.3, 0.4) is 0 Å². The molecule has 0 bridgehead atoms. The Morgan fingerprint density at radius 3 is 2.66 bits per heavy atom. The van der Waals surface area contributed by atoms with Crippen molar-refractivity contribution < 1.29 is 9.90 Å². The van der Waals surface area contributed by atoms with E-state index in [1.54, 1.807) is 18.6 Å². The quantitative estimate of drug-likeness (QED) is 0.507. The van der Waals surface area contributed by atoms with Gasteiger partial charge in [0.05, 0.1) is 36.8 Å². The van der Waals surface area contributed by atoms with Crippen molar-refractivity contribution >= 4 is 17.1 Å². The van der Waals surface area contributed by atoms with Crippen LogP contribution in [0.5, 0.6) is 0 Å². The summed E-state index contributed by atoms with van der Waals surface area (Å²) in [6.07, 6.45) is 5.53. The van der Waals surface area contributed by atoms with Gasteiger partial charge in [0.2, 0.25) is 0 Å². The van der Waals surface area contributed by atoms with Crippen molar-refractivity contribution in [1.29, 1.82) is 0 Å². The molecule has 0 fully saturated rings. The fourth-order valence-corrected chi connectivity index (χ4v) is 3.18. The molecule has 0 saturated carbocycles. The SMILES string of the molecule is O=C(N[C@@H](CO)Cc1ccccc1)c1cnc2c(c1)ncn2Cc1ccccn1. The number of benzene rings is 1. The molecule has 0 aliphatic carbocycles. The van der Waals surface area contributed by atoms with Gasteiger partial charge < -0.3 is 15.0 Å². The molecular formula is C22H21N5O2. The average Bonchev–Trinajstić information content (AvgIpc) is 3.16. The van der Waals surface area contributed by atoms with Crippen LogP contribution < -0.4 is 5.32 Å². The van der Waals surface area contributed by atoms with Gasteiger partial charge in [0.15, 0.2) is 5.65 Å². The summed E-state index contributed by atoms with van der Waals surface area (Å²) in [6.45, 7) is 0.411. The average molecular weight is 387 g/mol. The number of hydrogen-bond donors (Lipinski definition) is 2. The zero-order valence-electron chi connectivity index (χ0n) is 15.8. The topological polar surface area (TPSA) is 92.9 Å². The predicted octanol–water partition coefficient (Wildman–Crippen LogP) is 2.21. The number of aliphatic hydroxyl groups is 1. The standard InChI is InChI=1S/C22H21N5O2/c28-14-19(10-16-6-2-1-3-7-16)26-22(29)17-11-20-21(24-12-17)27(15-25-20)13-18-8-4-5-9-23-18/h1-9,11-12,15,19,28H,10,13-14H2,(H,26,29)/t19-/m1/s1. The number of pyridine rings is 2. The van der Waals surface area contributed by atoms with E-state index < -0.39 is 0 Å². The molecular weight excluding hydrogens is 366 g/mol. The molecule has 7 heteroatoms. The van der Waals surface area contributed by atoms with Crippen molar-refractivity contribution in [1.82, 2.24) is 24.8 Å². The Kier molecular flexibility index (Phi) is 5.58. The van der Waals surface area contributed by atoms with E-state index in [0.717, 1.165) is 11.3 Å². The van der Waals surface area contributed by atoms with E-state index in [9.17, 15) is 9.90 Å². The molecule has 0 aliphatic heterocycles. The van der Waals surface area contributed by atoms with Gasteiger partial charge in [-0.3, -0.25) is 9.78 Å². The summed E-state index contributed by atoms with van der Waals surface area (Å²) < 4.78 is 1.89. The molecule has 0 saturated heterocycles. The van der Waals surface area contributed by atoms with E-state index in [1.807, 2.05) is 53.1 Å². The first-order valence-corrected chi connectivity index (χ1v) is 9.39. The van der Waals surface area contributed by atoms with Gasteiger partial charge in [-0.25, -0.2) is 9.97 Å². The van der Waals surface area contributed by atoms with Crippen LogP contribution in [0, 0.1) is 0 Å². The summed E-state index contributed by atoms with van der Waals surface area (Å²) in [6, 6.07) is 16.8. The molecule has 4 aromatic rings. The van der Waals surface area contributed by atoms with Crippen LogP contribution in [0.15, 0.2) is 73.3 Å². The first kappa shape index (κ1) is 18.8. The van der Waals surface area contributed by atoms with Crippen molar-refractivity contribution in [2.45, 2.75) is 19.0 Å². The number of nitrogens with one attached hydrogen (secondary N) is 1. The molecule has 1 amide bonds. The van der Waals surface area contributed by atoms with E-state index in [0.29, 0.717) is 29.7 Å². The first-order chi connectivity index (χ1) is 14.2. The van der Waals surface area contributed by atoms with Crippen molar-refractivity contribution in [2.75, 3.05) is 6.61 Å². The van der Waals surface area contributed by atoms with Crippen LogP contribution in [0.4, 0.5) is 0 Å². The number of carbonyl (C=O) groups is 1. The summed E-state index contributed by atoms with van der Waals surface area (Å²) in [7, 11) is 0. The second-order valence-electron chi connectivity index (χ2n) is 6.80. The van der Waals surface area contributed by atoms with Gasteiger partial charge in [-0.05, 0) is 30.2 Å². The van der Waals surface area contributed by atoms with Crippen molar-refractivity contribution in [3.63, 3.8) is 0 Å². The van der Waals surface area contributed by atoms with Crippen LogP contribution in [-0.2, 0) is 13.0 Å². The largest absolute Gasteiger partial charge is 0.394 e. The highest BCUT2D eigenvalue weighted by Crippen LogP contribution is 2.14. The van der Waals surface area contributed by atoms with Gasteiger partial charge >= 0.3 is 0 Å². The van der Waals surface area contributed by atoms with Gasteiger partial charge in [-0.1, -0.05) is 36.4 Å². The highest BCUT2D eigenvalue weighted by atomic mass is 16.3. The third-order valence-electron chi connectivity index (χ3n) is 4.66. The minimum Gasteiger partial charge on any atom is -0.394 e. The number of carbonyl (C=O) groups excluding carboxylic acids is 1. The Labute approximate surface area is 168 Å². The lowest BCUT2D eigenvalue weighted by molar-refractivity contribution is 0.0916. The van der Waals surface area contributed by atoms with Crippen LogP contribution in [0.25, 0.3) is 11.2 Å². The lowest BCUT2D eigenvalue weighted by Crippen LogP contribution is -2.39. The Balaban J connectivity index is 1.48. The van der Waals surface area contributed by atoms with E-state index in [2.05, 4.69) is 20.3 Å². The molecule has 3 heterocycles. The number of aromatic nitrogens is 4. The smallest absolute Gasteiger partial charge is 0.253 e. The number of rotatable bonds is 7. The normalized spacial score (nSPS) is 12.0. The molecule has 0 unspecified atom stereocenters. The maximum absolute atomic E-state index is 12.6. The van der Waals surface area contributed by atoms with Crippen LogP contribution in [0.2, 0.25) is 0 Å². The second-order valence-corrected chi connectivity index (χ2v) is 6.80. The molecule has 4 rings (SSSR count). The first-order valence-electron chi connectivity index (χ1n) is 9.39. The maximum Gasteiger partial charge on any atom is 0.253 e. The lowest BCUT2D eigenvalue weighted by atomic mass is 10.1. The van der Waals surface area contributed by atoms with Gasteiger partial charge in [0.1, 0.15) is 5.52 Å². The fraction of sp³-hybridized carbons (Fsp3) is 0.182. The Morgan fingerprint density at radius 2 is 1.90 bits per heavy atom. The highest BCUT2D eigenvalue weighted by molar-refractivity contribution is 5.96. The molecule has 0 spiro atoms. The van der Waals surface area contributed by atoms with Gasteiger partial charge in [-0.2, -0.15) is 0 Å². The van der Waals surface area contributed by atoms with Crippen molar-refractivity contribution in [3.8, 4) is 0 Å². The number of nitrogens with zero attached hydrogens (tertiary/aromatic N) is 4. The summed E-state index contributed by atoms with van der Waals surface area (Å²) in [5.41, 5.74) is 3.69. The number of amides is 1. The third-order valence-corrected chi connectivity index (χ3v) is 4.66. The van der Waals surface area contributed by atoms with Gasteiger partial charge in [-0.15, -0.1) is 0 Å². The van der Waals surface area contributed by atoms with E-state index in [-0.39, 0.29) is 18.6 Å². The summed E-state index contributed by atoms with van der Waals surface area (Å²) in [4.78, 5) is 25.8. The lowest BCUT2D eigenvalue weighted by Gasteiger charge is -2.16. The fourth-order valence-electron chi connectivity index (χ4n) is 3.18. The highest BCUT2D eigenvalue weighted by Gasteiger charge is 2.16. The van der Waals surface area contributed by atoms with E-state index in [1.165, 1.54) is 6.20 Å². The van der Waals surface area contributed by atoms with Crippen molar-refractivity contribution in [2.24, 2.45) is 0 Å². The number of hydrogen-bond acceptors (Lipinski definition) is 5. The summed E-state index contributed by atoms with van der Waals surface area (Å²) >= 11 is 0. The van der Waals surface area contributed by atoms with E-state index in [4.69, 9.17) is 0 Å². The molecule has 1 atom stereocenters. The third kappa shape index (κ3) is 4.47. The monoisotopic (exact) mass is 387 g/mol. The molecule has 3 aromatic heterocycles. The zero-order valence-corrected chi connectivity index (χ0v) is 15.8. The number of imidazole rings is 1. The number of fused-ring (bicyclic) bond motifs is 1. The zero-order chi connectivity index (χ0) is 20.1. The van der Waals surface area contributed by atoms with E-state index >= 15 is 0 Å². The molecule has 1 aromatic carbocycles. The van der Waals surface area contributed by atoms with Crippen LogP contribution in [-0.4, -0.2) is 43.2 Å². The summed E-state index contributed by atoms with van der Waals surface area (Å²) in [5, 5.41) is 12.5. The Bertz CT molecular complexity index is 1100. The van der Waals surface area contributed by atoms with Gasteiger partial charge in [0.25, 0.3) is 5.91 Å². The summed E-state index contributed by atoms with van der Waals surface area (Å²) in [5.74, 6) is -0.284. The molecule has 7 nitrogen and oxygen atoms in total. The Hall–Kier alpha value is -3.58.